The van der Waals surface area contributed by atoms with Crippen LogP contribution in [0, 0.1) is 0 Å². The van der Waals surface area contributed by atoms with Crippen LogP contribution in [0.5, 0.6) is 11.5 Å². The molecule has 1 saturated heterocycles. The molecule has 2 aliphatic rings. The second-order valence-corrected chi connectivity index (χ2v) is 7.77. The number of amides is 1. The molecule has 1 N–H and O–H groups in total. The lowest BCUT2D eigenvalue weighted by Gasteiger charge is -2.25. The van der Waals surface area contributed by atoms with Crippen LogP contribution in [-0.4, -0.2) is 37.1 Å². The fraction of sp³-hybridized carbons (Fsp3) is 0.381. The first-order chi connectivity index (χ1) is 13.2. The molecule has 4 rings (SSSR count). The van der Waals surface area contributed by atoms with E-state index < -0.39 is 0 Å². The highest BCUT2D eigenvalue weighted by Gasteiger charge is 2.28. The van der Waals surface area contributed by atoms with Gasteiger partial charge in [0.25, 0.3) is 0 Å². The molecular weight excluding hydrogens is 408 g/mol. The maximum Gasteiger partial charge on any atom is 0.238 e. The maximum absolute atomic E-state index is 12.6. The van der Waals surface area contributed by atoms with Crippen molar-refractivity contribution < 1.29 is 14.3 Å². The second-order valence-electron chi connectivity index (χ2n) is 6.91. The van der Waals surface area contributed by atoms with E-state index in [4.69, 9.17) is 9.47 Å². The van der Waals surface area contributed by atoms with Gasteiger partial charge in [0.15, 0.2) is 11.5 Å². The highest BCUT2D eigenvalue weighted by atomic mass is 79.9. The number of ether oxygens (including phenoxy) is 2. The van der Waals surface area contributed by atoms with Gasteiger partial charge in [-0.15, -0.1) is 0 Å². The van der Waals surface area contributed by atoms with Gasteiger partial charge in [-0.25, -0.2) is 0 Å². The predicted molar refractivity (Wildman–Crippen MR) is 108 cm³/mol. The lowest BCUT2D eigenvalue weighted by atomic mass is 10.0. The molecule has 0 saturated carbocycles. The molecule has 6 heteroatoms. The number of nitrogens with one attached hydrogen (secondary N) is 1. The topological polar surface area (TPSA) is 50.8 Å². The first-order valence-electron chi connectivity index (χ1n) is 9.39. The Balaban J connectivity index is 1.45. The first-order valence-corrected chi connectivity index (χ1v) is 10.2. The summed E-state index contributed by atoms with van der Waals surface area (Å²) in [5.74, 6) is 1.63. The minimum Gasteiger partial charge on any atom is -0.490 e. The van der Waals surface area contributed by atoms with Gasteiger partial charge in [0.05, 0.1) is 25.4 Å². The van der Waals surface area contributed by atoms with E-state index in [1.165, 1.54) is 5.56 Å². The zero-order chi connectivity index (χ0) is 18.6. The number of carbonyl (C=O) groups excluding carboxylic acids is 1. The Morgan fingerprint density at radius 2 is 1.93 bits per heavy atom. The summed E-state index contributed by atoms with van der Waals surface area (Å²) < 4.78 is 12.4. The highest BCUT2D eigenvalue weighted by Crippen LogP contribution is 2.37. The number of para-hydroxylation sites is 1. The van der Waals surface area contributed by atoms with Crippen LogP contribution in [0.15, 0.2) is 46.9 Å². The van der Waals surface area contributed by atoms with Gasteiger partial charge in [-0.1, -0.05) is 18.2 Å². The minimum atomic E-state index is 0.00291. The van der Waals surface area contributed by atoms with E-state index in [-0.39, 0.29) is 11.9 Å². The molecule has 2 heterocycles. The summed E-state index contributed by atoms with van der Waals surface area (Å²) in [4.78, 5) is 14.8. The van der Waals surface area contributed by atoms with Crippen molar-refractivity contribution in [2.45, 2.75) is 25.3 Å². The largest absolute Gasteiger partial charge is 0.490 e. The van der Waals surface area contributed by atoms with Crippen LogP contribution in [0.3, 0.4) is 0 Å². The number of rotatable bonds is 4. The molecule has 1 atom stereocenters. The summed E-state index contributed by atoms with van der Waals surface area (Å²) in [5.41, 5.74) is 1.99. The number of nitrogens with zero attached hydrogens (tertiary/aromatic N) is 1. The van der Waals surface area contributed by atoms with Crippen LogP contribution in [0.1, 0.15) is 30.9 Å². The Hall–Kier alpha value is -2.05. The van der Waals surface area contributed by atoms with Crippen molar-refractivity contribution in [2.24, 2.45) is 0 Å². The molecule has 0 aliphatic carbocycles. The Bertz CT molecular complexity index is 827. The van der Waals surface area contributed by atoms with Crippen molar-refractivity contribution in [1.29, 1.82) is 0 Å². The summed E-state index contributed by atoms with van der Waals surface area (Å²) in [5, 5.41) is 3.00. The third-order valence-electron chi connectivity index (χ3n) is 5.01. The molecule has 5 nitrogen and oxygen atoms in total. The zero-order valence-electron chi connectivity index (χ0n) is 15.1. The standard InChI is InChI=1S/C21H23BrN2O3/c22-16-5-1-2-6-17(16)23-21(25)14-24-10-3-7-18(24)15-8-9-19-20(13-15)27-12-4-11-26-19/h1-2,5-6,8-9,13,18H,3-4,7,10-12,14H2,(H,23,25). The van der Waals surface area contributed by atoms with Crippen molar-refractivity contribution in [1.82, 2.24) is 4.90 Å². The van der Waals surface area contributed by atoms with Crippen LogP contribution >= 0.6 is 15.9 Å². The summed E-state index contributed by atoms with van der Waals surface area (Å²) in [6, 6.07) is 14.1. The van der Waals surface area contributed by atoms with Gasteiger partial charge < -0.3 is 14.8 Å². The van der Waals surface area contributed by atoms with Gasteiger partial charge in [-0.05, 0) is 65.1 Å². The van der Waals surface area contributed by atoms with Crippen LogP contribution in [0.25, 0.3) is 0 Å². The molecule has 1 amide bonds. The van der Waals surface area contributed by atoms with Crippen LogP contribution < -0.4 is 14.8 Å². The quantitative estimate of drug-likeness (QED) is 0.781. The average molecular weight is 431 g/mol. The number of hydrogen-bond acceptors (Lipinski definition) is 4. The predicted octanol–water partition coefficient (Wildman–Crippen LogP) is 4.39. The van der Waals surface area contributed by atoms with Gasteiger partial charge in [-0.3, -0.25) is 9.69 Å². The molecule has 0 aromatic heterocycles. The third-order valence-corrected chi connectivity index (χ3v) is 5.71. The van der Waals surface area contributed by atoms with Crippen molar-refractivity contribution in [3.05, 3.63) is 52.5 Å². The molecular formula is C21H23BrN2O3. The van der Waals surface area contributed by atoms with E-state index in [1.807, 2.05) is 30.3 Å². The summed E-state index contributed by atoms with van der Waals surface area (Å²) >= 11 is 3.47. The molecule has 2 aromatic carbocycles. The molecule has 27 heavy (non-hydrogen) atoms. The smallest absolute Gasteiger partial charge is 0.238 e. The molecule has 2 aromatic rings. The molecule has 1 fully saturated rings. The number of anilines is 1. The van der Waals surface area contributed by atoms with E-state index >= 15 is 0 Å². The number of likely N-dealkylation sites (tertiary alicyclic amines) is 1. The van der Waals surface area contributed by atoms with E-state index in [0.29, 0.717) is 19.8 Å². The Labute approximate surface area is 167 Å². The van der Waals surface area contributed by atoms with Gasteiger partial charge in [0.2, 0.25) is 5.91 Å². The SMILES string of the molecule is O=C(CN1CCCC1c1ccc2c(c1)OCCCO2)Nc1ccccc1Br. The molecule has 0 radical (unpaired) electrons. The van der Waals surface area contributed by atoms with Crippen molar-refractivity contribution in [3.63, 3.8) is 0 Å². The Morgan fingerprint density at radius 3 is 2.78 bits per heavy atom. The normalized spacial score (nSPS) is 19.5. The van der Waals surface area contributed by atoms with E-state index in [9.17, 15) is 4.79 Å². The van der Waals surface area contributed by atoms with Crippen molar-refractivity contribution in [2.75, 3.05) is 31.6 Å². The number of hydrogen-bond donors (Lipinski definition) is 1. The van der Waals surface area contributed by atoms with E-state index in [0.717, 1.165) is 47.5 Å². The molecule has 142 valence electrons. The van der Waals surface area contributed by atoms with Crippen LogP contribution in [0.2, 0.25) is 0 Å². The third kappa shape index (κ3) is 4.28. The van der Waals surface area contributed by atoms with E-state index in [2.05, 4.69) is 38.3 Å². The maximum atomic E-state index is 12.6. The summed E-state index contributed by atoms with van der Waals surface area (Å²) in [6.07, 6.45) is 3.03. The van der Waals surface area contributed by atoms with Crippen LogP contribution in [-0.2, 0) is 4.79 Å². The Morgan fingerprint density at radius 1 is 1.11 bits per heavy atom. The summed E-state index contributed by atoms with van der Waals surface area (Å²) in [6.45, 7) is 2.67. The monoisotopic (exact) mass is 430 g/mol. The van der Waals surface area contributed by atoms with Gasteiger partial charge in [-0.2, -0.15) is 0 Å². The lowest BCUT2D eigenvalue weighted by molar-refractivity contribution is -0.117. The Kier molecular flexibility index (Phi) is 5.64. The second kappa shape index (κ2) is 8.31. The highest BCUT2D eigenvalue weighted by molar-refractivity contribution is 9.10. The minimum absolute atomic E-state index is 0.00291. The average Bonchev–Trinajstić information content (AvgIpc) is 2.99. The number of halogens is 1. The van der Waals surface area contributed by atoms with Crippen LogP contribution in [0.4, 0.5) is 5.69 Å². The lowest BCUT2D eigenvalue weighted by Crippen LogP contribution is -2.33. The van der Waals surface area contributed by atoms with Crippen molar-refractivity contribution >= 4 is 27.5 Å². The summed E-state index contributed by atoms with van der Waals surface area (Å²) in [7, 11) is 0. The number of carbonyl (C=O) groups is 1. The number of fused-ring (bicyclic) bond motifs is 1. The van der Waals surface area contributed by atoms with E-state index in [1.54, 1.807) is 0 Å². The fourth-order valence-electron chi connectivity index (χ4n) is 3.72. The molecule has 0 bridgehead atoms. The van der Waals surface area contributed by atoms with Crippen molar-refractivity contribution in [3.8, 4) is 11.5 Å². The zero-order valence-corrected chi connectivity index (χ0v) is 16.7. The molecule has 2 aliphatic heterocycles. The number of benzene rings is 2. The van der Waals surface area contributed by atoms with Gasteiger partial charge in [0, 0.05) is 16.9 Å². The molecule has 0 spiro atoms. The van der Waals surface area contributed by atoms with Gasteiger partial charge in [0.1, 0.15) is 0 Å². The molecule has 1 unspecified atom stereocenters. The first kappa shape index (κ1) is 18.3. The van der Waals surface area contributed by atoms with Gasteiger partial charge >= 0.3 is 0 Å². The fourth-order valence-corrected chi connectivity index (χ4v) is 4.10.